The molecule has 0 spiro atoms. The molecule has 0 saturated heterocycles. The summed E-state index contributed by atoms with van der Waals surface area (Å²) in [6.45, 7) is 2.30. The van der Waals surface area contributed by atoms with Crippen molar-refractivity contribution in [3.63, 3.8) is 0 Å². The lowest BCUT2D eigenvalue weighted by molar-refractivity contribution is 0.232. The first kappa shape index (κ1) is 10.1. The van der Waals surface area contributed by atoms with Crippen LogP contribution in [0.5, 0.6) is 0 Å². The molecule has 0 aromatic rings. The second kappa shape index (κ2) is 4.88. The zero-order chi connectivity index (χ0) is 8.97. The van der Waals surface area contributed by atoms with Crippen molar-refractivity contribution in [3.05, 3.63) is 0 Å². The van der Waals surface area contributed by atoms with E-state index in [2.05, 4.69) is 6.92 Å². The van der Waals surface area contributed by atoms with Crippen LogP contribution in [0.4, 0.5) is 0 Å². The Balaban J connectivity index is 2.45. The third-order valence-corrected chi connectivity index (χ3v) is 2.99. The molecule has 0 bridgehead atoms. The Morgan fingerprint density at radius 3 is 2.17 bits per heavy atom. The lowest BCUT2D eigenvalue weighted by atomic mass is 9.60. The summed E-state index contributed by atoms with van der Waals surface area (Å²) in [5, 5.41) is 0. The number of hydrogen-bond acceptors (Lipinski definition) is 2. The van der Waals surface area contributed by atoms with Gasteiger partial charge in [0, 0.05) is 14.2 Å². The van der Waals surface area contributed by atoms with Gasteiger partial charge in [0.15, 0.2) is 0 Å². The van der Waals surface area contributed by atoms with Crippen molar-refractivity contribution < 1.29 is 9.31 Å². The van der Waals surface area contributed by atoms with Gasteiger partial charge >= 0.3 is 7.12 Å². The smallest absolute Gasteiger partial charge is 0.414 e. The van der Waals surface area contributed by atoms with E-state index in [4.69, 9.17) is 9.31 Å². The summed E-state index contributed by atoms with van der Waals surface area (Å²) in [7, 11) is 3.48. The first-order valence-corrected chi connectivity index (χ1v) is 4.85. The van der Waals surface area contributed by atoms with Gasteiger partial charge in [0.1, 0.15) is 0 Å². The van der Waals surface area contributed by atoms with Gasteiger partial charge in [0.25, 0.3) is 0 Å². The van der Waals surface area contributed by atoms with Crippen molar-refractivity contribution in [3.8, 4) is 0 Å². The van der Waals surface area contributed by atoms with Gasteiger partial charge in [0.2, 0.25) is 0 Å². The molecule has 1 aliphatic carbocycles. The molecule has 12 heavy (non-hydrogen) atoms. The Labute approximate surface area is 75.8 Å². The van der Waals surface area contributed by atoms with Crippen LogP contribution in [0.3, 0.4) is 0 Å². The molecule has 0 aliphatic heterocycles. The van der Waals surface area contributed by atoms with Gasteiger partial charge in [0.05, 0.1) is 0 Å². The number of rotatable bonds is 3. The van der Waals surface area contributed by atoms with Gasteiger partial charge in [-0.25, -0.2) is 0 Å². The van der Waals surface area contributed by atoms with Crippen LogP contribution in [0.15, 0.2) is 0 Å². The molecule has 0 heterocycles. The Kier molecular flexibility index (Phi) is 4.09. The predicted octanol–water partition coefficient (Wildman–Crippen LogP) is 2.35. The van der Waals surface area contributed by atoms with Gasteiger partial charge in [-0.15, -0.1) is 0 Å². The molecule has 2 atom stereocenters. The van der Waals surface area contributed by atoms with E-state index in [1.165, 1.54) is 25.7 Å². The summed E-state index contributed by atoms with van der Waals surface area (Å²) < 4.78 is 10.6. The summed E-state index contributed by atoms with van der Waals surface area (Å²) in [6, 6.07) is 0. The fraction of sp³-hybridized carbons (Fsp3) is 1.00. The second-order valence-electron chi connectivity index (χ2n) is 3.77. The van der Waals surface area contributed by atoms with E-state index in [1.54, 1.807) is 14.2 Å². The van der Waals surface area contributed by atoms with Crippen molar-refractivity contribution in [2.75, 3.05) is 14.2 Å². The lowest BCUT2D eigenvalue weighted by Crippen LogP contribution is -2.32. The average Bonchev–Trinajstić information content (AvgIpc) is 2.10. The van der Waals surface area contributed by atoms with Gasteiger partial charge in [-0.3, -0.25) is 0 Å². The zero-order valence-electron chi connectivity index (χ0n) is 8.38. The van der Waals surface area contributed by atoms with E-state index in [0.29, 0.717) is 5.82 Å². The maximum atomic E-state index is 5.29. The summed E-state index contributed by atoms with van der Waals surface area (Å²) >= 11 is 0. The van der Waals surface area contributed by atoms with E-state index in [0.717, 1.165) is 5.92 Å². The average molecular weight is 170 g/mol. The molecule has 0 radical (unpaired) electrons. The normalized spacial score (nSPS) is 30.2. The molecule has 1 rings (SSSR count). The molecule has 1 fully saturated rings. The molecule has 1 saturated carbocycles. The molecule has 3 heteroatoms. The quantitative estimate of drug-likeness (QED) is 0.605. The third-order valence-electron chi connectivity index (χ3n) is 2.99. The highest BCUT2D eigenvalue weighted by Gasteiger charge is 2.34. The van der Waals surface area contributed by atoms with E-state index in [9.17, 15) is 0 Å². The molecule has 70 valence electrons. The van der Waals surface area contributed by atoms with Crippen molar-refractivity contribution >= 4 is 7.12 Å². The summed E-state index contributed by atoms with van der Waals surface area (Å²) in [6.07, 6.45) is 5.29. The van der Waals surface area contributed by atoms with E-state index >= 15 is 0 Å². The van der Waals surface area contributed by atoms with Gasteiger partial charge < -0.3 is 9.31 Å². The maximum absolute atomic E-state index is 5.29. The molecule has 0 aromatic carbocycles. The SMILES string of the molecule is COB(OC)C1CCCCC1C. The van der Waals surface area contributed by atoms with Crippen molar-refractivity contribution in [2.45, 2.75) is 38.4 Å². The van der Waals surface area contributed by atoms with Crippen LogP contribution in [0.2, 0.25) is 5.82 Å². The maximum Gasteiger partial charge on any atom is 0.460 e. The van der Waals surface area contributed by atoms with Crippen molar-refractivity contribution in [2.24, 2.45) is 5.92 Å². The molecule has 0 N–H and O–H groups in total. The monoisotopic (exact) mass is 170 g/mol. The van der Waals surface area contributed by atoms with Crippen LogP contribution >= 0.6 is 0 Å². The Morgan fingerprint density at radius 1 is 1.08 bits per heavy atom. The lowest BCUT2D eigenvalue weighted by Gasteiger charge is -2.30. The zero-order valence-corrected chi connectivity index (χ0v) is 8.38. The van der Waals surface area contributed by atoms with Gasteiger partial charge in [-0.05, 0) is 11.7 Å². The number of hydrogen-bond donors (Lipinski definition) is 0. The standard InChI is InChI=1S/C9H19BO2/c1-8-6-4-5-7-9(8)10(11-2)12-3/h8-9H,4-7H2,1-3H3. The summed E-state index contributed by atoms with van der Waals surface area (Å²) in [5.74, 6) is 1.36. The minimum Gasteiger partial charge on any atom is -0.414 e. The van der Waals surface area contributed by atoms with Crippen molar-refractivity contribution in [1.29, 1.82) is 0 Å². The van der Waals surface area contributed by atoms with E-state index < -0.39 is 0 Å². The van der Waals surface area contributed by atoms with E-state index in [-0.39, 0.29) is 7.12 Å². The highest BCUT2D eigenvalue weighted by molar-refractivity contribution is 6.46. The molecule has 2 nitrogen and oxygen atoms in total. The van der Waals surface area contributed by atoms with Gasteiger partial charge in [-0.2, -0.15) is 0 Å². The van der Waals surface area contributed by atoms with Crippen LogP contribution in [-0.4, -0.2) is 21.3 Å². The summed E-state index contributed by atoms with van der Waals surface area (Å²) in [5.41, 5.74) is 0. The van der Waals surface area contributed by atoms with Crippen LogP contribution < -0.4 is 0 Å². The van der Waals surface area contributed by atoms with Crippen LogP contribution in [0.25, 0.3) is 0 Å². The fourth-order valence-electron chi connectivity index (χ4n) is 2.20. The second-order valence-corrected chi connectivity index (χ2v) is 3.77. The first-order chi connectivity index (χ1) is 5.79. The highest BCUT2D eigenvalue weighted by Crippen LogP contribution is 2.36. The Morgan fingerprint density at radius 2 is 1.67 bits per heavy atom. The van der Waals surface area contributed by atoms with Crippen molar-refractivity contribution in [1.82, 2.24) is 0 Å². The van der Waals surface area contributed by atoms with Gasteiger partial charge in [-0.1, -0.05) is 32.6 Å². The Hall–Kier alpha value is -0.0151. The first-order valence-electron chi connectivity index (χ1n) is 4.85. The molecule has 1 aliphatic rings. The van der Waals surface area contributed by atoms with Crippen LogP contribution in [0.1, 0.15) is 32.6 Å². The fourth-order valence-corrected chi connectivity index (χ4v) is 2.20. The molecule has 0 aromatic heterocycles. The molecule has 0 amide bonds. The Bertz CT molecular complexity index is 126. The predicted molar refractivity (Wildman–Crippen MR) is 51.2 cm³/mol. The van der Waals surface area contributed by atoms with Crippen LogP contribution in [-0.2, 0) is 9.31 Å². The molecular formula is C9H19BO2. The topological polar surface area (TPSA) is 18.5 Å². The minimum atomic E-state index is 0.0142. The molecule has 2 unspecified atom stereocenters. The minimum absolute atomic E-state index is 0.0142. The third kappa shape index (κ3) is 2.24. The highest BCUT2D eigenvalue weighted by atomic mass is 16.6. The van der Waals surface area contributed by atoms with Crippen LogP contribution in [0, 0.1) is 5.92 Å². The summed E-state index contributed by atoms with van der Waals surface area (Å²) in [4.78, 5) is 0. The van der Waals surface area contributed by atoms with E-state index in [1.807, 2.05) is 0 Å². The largest absolute Gasteiger partial charge is 0.460 e. The molecular weight excluding hydrogens is 151 g/mol.